The molecule has 0 fully saturated rings. The molecule has 0 radical (unpaired) electrons. The van der Waals surface area contributed by atoms with Gasteiger partial charge in [-0.25, -0.2) is 4.79 Å². The standard InChI is InChI=1S/C13H9NO4/c14-7-9-3-1-2-4-11(9)17-8-10-5-6-12(18-10)13(15)16/h1-6H,8H2,(H,15,16). The SMILES string of the molecule is N#Cc1ccccc1OCc1ccc(C(=O)O)o1. The van der Waals surface area contributed by atoms with Gasteiger partial charge < -0.3 is 14.3 Å². The number of para-hydroxylation sites is 1. The first-order valence-corrected chi connectivity index (χ1v) is 5.14. The third-order valence-electron chi connectivity index (χ3n) is 2.25. The molecule has 5 nitrogen and oxygen atoms in total. The van der Waals surface area contributed by atoms with E-state index < -0.39 is 5.97 Å². The lowest BCUT2D eigenvalue weighted by Crippen LogP contribution is -1.96. The molecule has 1 aromatic carbocycles. The first kappa shape index (κ1) is 11.7. The summed E-state index contributed by atoms with van der Waals surface area (Å²) in [5.41, 5.74) is 0.419. The Morgan fingerprint density at radius 2 is 2.11 bits per heavy atom. The first-order valence-electron chi connectivity index (χ1n) is 5.14. The number of furan rings is 1. The Kier molecular flexibility index (Phi) is 3.30. The van der Waals surface area contributed by atoms with E-state index in [1.54, 1.807) is 24.3 Å². The summed E-state index contributed by atoms with van der Waals surface area (Å²) in [6, 6.07) is 11.7. The van der Waals surface area contributed by atoms with E-state index in [9.17, 15) is 4.79 Å². The van der Waals surface area contributed by atoms with E-state index >= 15 is 0 Å². The lowest BCUT2D eigenvalue weighted by atomic mass is 10.2. The molecule has 0 aliphatic heterocycles. The fraction of sp³-hybridized carbons (Fsp3) is 0.0769. The molecular weight excluding hydrogens is 234 g/mol. The van der Waals surface area contributed by atoms with Gasteiger partial charge in [0.05, 0.1) is 5.56 Å². The number of carbonyl (C=O) groups is 1. The van der Waals surface area contributed by atoms with E-state index in [1.165, 1.54) is 12.1 Å². The maximum Gasteiger partial charge on any atom is 0.371 e. The molecule has 2 aromatic rings. The Balaban J connectivity index is 2.07. The van der Waals surface area contributed by atoms with E-state index in [4.69, 9.17) is 19.5 Å². The molecule has 0 aliphatic carbocycles. The van der Waals surface area contributed by atoms with Gasteiger partial charge in [0.1, 0.15) is 24.2 Å². The van der Waals surface area contributed by atoms with Crippen molar-refractivity contribution in [1.29, 1.82) is 5.26 Å². The highest BCUT2D eigenvalue weighted by Crippen LogP contribution is 2.18. The summed E-state index contributed by atoms with van der Waals surface area (Å²) in [6.45, 7) is 0.0754. The molecule has 90 valence electrons. The van der Waals surface area contributed by atoms with Crippen LogP contribution in [-0.4, -0.2) is 11.1 Å². The third-order valence-corrected chi connectivity index (χ3v) is 2.25. The molecule has 0 amide bonds. The Hall–Kier alpha value is -2.74. The fourth-order valence-corrected chi connectivity index (χ4v) is 1.40. The summed E-state index contributed by atoms with van der Waals surface area (Å²) >= 11 is 0. The summed E-state index contributed by atoms with van der Waals surface area (Å²) in [4.78, 5) is 10.6. The van der Waals surface area contributed by atoms with Crippen LogP contribution in [0.25, 0.3) is 0 Å². The molecule has 0 saturated carbocycles. The van der Waals surface area contributed by atoms with Gasteiger partial charge in [0, 0.05) is 0 Å². The van der Waals surface area contributed by atoms with Crippen molar-refractivity contribution in [2.24, 2.45) is 0 Å². The van der Waals surface area contributed by atoms with Crippen molar-refractivity contribution in [2.45, 2.75) is 6.61 Å². The van der Waals surface area contributed by atoms with Crippen LogP contribution in [0.15, 0.2) is 40.8 Å². The molecule has 1 heterocycles. The number of aromatic carboxylic acids is 1. The Morgan fingerprint density at radius 1 is 1.33 bits per heavy atom. The van der Waals surface area contributed by atoms with Crippen molar-refractivity contribution < 1.29 is 19.1 Å². The van der Waals surface area contributed by atoms with Crippen LogP contribution in [0.3, 0.4) is 0 Å². The van der Waals surface area contributed by atoms with Gasteiger partial charge in [-0.2, -0.15) is 5.26 Å². The number of carboxylic acids is 1. The van der Waals surface area contributed by atoms with Crippen LogP contribution in [0.4, 0.5) is 0 Å². The second kappa shape index (κ2) is 5.06. The van der Waals surface area contributed by atoms with Gasteiger partial charge in [-0.3, -0.25) is 0 Å². The Bertz CT molecular complexity index is 609. The summed E-state index contributed by atoms with van der Waals surface area (Å²) in [5.74, 6) is -0.436. The van der Waals surface area contributed by atoms with Gasteiger partial charge in [-0.05, 0) is 24.3 Å². The molecule has 2 rings (SSSR count). The predicted molar refractivity (Wildman–Crippen MR) is 61.2 cm³/mol. The zero-order chi connectivity index (χ0) is 13.0. The largest absolute Gasteiger partial charge is 0.484 e. The highest BCUT2D eigenvalue weighted by Gasteiger charge is 2.09. The van der Waals surface area contributed by atoms with Crippen LogP contribution < -0.4 is 4.74 Å². The lowest BCUT2D eigenvalue weighted by molar-refractivity contribution is 0.0658. The second-order valence-corrected chi connectivity index (χ2v) is 3.47. The van der Waals surface area contributed by atoms with Gasteiger partial charge in [-0.1, -0.05) is 12.1 Å². The summed E-state index contributed by atoms with van der Waals surface area (Å²) in [6.07, 6.45) is 0. The number of nitrogens with zero attached hydrogens (tertiary/aromatic N) is 1. The summed E-state index contributed by atoms with van der Waals surface area (Å²) in [5, 5.41) is 17.5. The average molecular weight is 243 g/mol. The molecule has 5 heteroatoms. The van der Waals surface area contributed by atoms with Crippen molar-refractivity contribution in [3.63, 3.8) is 0 Å². The topological polar surface area (TPSA) is 83.5 Å². The number of carboxylic acid groups (broad SMARTS) is 1. The van der Waals surface area contributed by atoms with Crippen LogP contribution in [0.1, 0.15) is 21.9 Å². The quantitative estimate of drug-likeness (QED) is 0.891. The molecular formula is C13H9NO4. The van der Waals surface area contributed by atoms with E-state index in [2.05, 4.69) is 0 Å². The zero-order valence-corrected chi connectivity index (χ0v) is 9.29. The van der Waals surface area contributed by atoms with E-state index in [-0.39, 0.29) is 12.4 Å². The van der Waals surface area contributed by atoms with Gasteiger partial charge >= 0.3 is 5.97 Å². The van der Waals surface area contributed by atoms with Crippen molar-refractivity contribution in [3.05, 3.63) is 53.5 Å². The van der Waals surface area contributed by atoms with Crippen LogP contribution in [0, 0.1) is 11.3 Å². The lowest BCUT2D eigenvalue weighted by Gasteiger charge is -2.05. The molecule has 18 heavy (non-hydrogen) atoms. The number of ether oxygens (including phenoxy) is 1. The second-order valence-electron chi connectivity index (χ2n) is 3.47. The molecule has 0 spiro atoms. The Morgan fingerprint density at radius 3 is 2.78 bits per heavy atom. The molecule has 0 saturated heterocycles. The van der Waals surface area contributed by atoms with Gasteiger partial charge in [-0.15, -0.1) is 0 Å². The summed E-state index contributed by atoms with van der Waals surface area (Å²) < 4.78 is 10.4. The minimum Gasteiger partial charge on any atom is -0.484 e. The monoisotopic (exact) mass is 243 g/mol. The Labute approximate surface area is 103 Å². The van der Waals surface area contributed by atoms with Crippen molar-refractivity contribution in [3.8, 4) is 11.8 Å². The molecule has 1 aromatic heterocycles. The molecule has 0 aliphatic rings. The van der Waals surface area contributed by atoms with Crippen molar-refractivity contribution >= 4 is 5.97 Å². The molecule has 0 bridgehead atoms. The number of rotatable bonds is 4. The van der Waals surface area contributed by atoms with Gasteiger partial charge in [0.25, 0.3) is 0 Å². The molecule has 0 atom stereocenters. The van der Waals surface area contributed by atoms with Crippen LogP contribution in [0.2, 0.25) is 0 Å². The number of hydrogen-bond donors (Lipinski definition) is 1. The van der Waals surface area contributed by atoms with E-state index in [0.29, 0.717) is 17.1 Å². The molecule has 0 unspecified atom stereocenters. The minimum absolute atomic E-state index is 0.0754. The highest BCUT2D eigenvalue weighted by molar-refractivity contribution is 5.84. The number of hydrogen-bond acceptors (Lipinski definition) is 4. The van der Waals surface area contributed by atoms with Crippen LogP contribution in [0.5, 0.6) is 5.75 Å². The average Bonchev–Trinajstić information content (AvgIpc) is 2.85. The molecule has 1 N–H and O–H groups in total. The number of benzene rings is 1. The van der Waals surface area contributed by atoms with Gasteiger partial charge in [0.15, 0.2) is 0 Å². The van der Waals surface area contributed by atoms with E-state index in [1.807, 2.05) is 6.07 Å². The zero-order valence-electron chi connectivity index (χ0n) is 9.29. The maximum atomic E-state index is 10.6. The van der Waals surface area contributed by atoms with Crippen LogP contribution >= 0.6 is 0 Å². The van der Waals surface area contributed by atoms with Crippen LogP contribution in [-0.2, 0) is 6.61 Å². The smallest absolute Gasteiger partial charge is 0.371 e. The van der Waals surface area contributed by atoms with Gasteiger partial charge in [0.2, 0.25) is 5.76 Å². The highest BCUT2D eigenvalue weighted by atomic mass is 16.5. The fourth-order valence-electron chi connectivity index (χ4n) is 1.40. The minimum atomic E-state index is -1.13. The predicted octanol–water partition coefficient (Wildman–Crippen LogP) is 2.43. The van der Waals surface area contributed by atoms with E-state index in [0.717, 1.165) is 0 Å². The maximum absolute atomic E-state index is 10.6. The number of nitriles is 1. The normalized spacial score (nSPS) is 9.72. The van der Waals surface area contributed by atoms with Crippen molar-refractivity contribution in [2.75, 3.05) is 0 Å². The van der Waals surface area contributed by atoms with Crippen molar-refractivity contribution in [1.82, 2.24) is 0 Å². The summed E-state index contributed by atoms with van der Waals surface area (Å²) in [7, 11) is 0. The first-order chi connectivity index (χ1) is 8.70. The third kappa shape index (κ3) is 2.50.